The van der Waals surface area contributed by atoms with E-state index in [1.807, 2.05) is 20.8 Å². The molecule has 4 nitrogen and oxygen atoms in total. The van der Waals surface area contributed by atoms with Crippen LogP contribution in [0.15, 0.2) is 30.3 Å². The van der Waals surface area contributed by atoms with E-state index >= 15 is 0 Å². The summed E-state index contributed by atoms with van der Waals surface area (Å²) in [5.41, 5.74) is 2.09. The Hall–Kier alpha value is -2.04. The minimum absolute atomic E-state index is 0.125. The Kier molecular flexibility index (Phi) is 7.28. The third kappa shape index (κ3) is 5.02. The number of halogens is 2. The Morgan fingerprint density at radius 2 is 1.74 bits per heavy atom. The molecule has 0 bridgehead atoms. The number of anilines is 1. The summed E-state index contributed by atoms with van der Waals surface area (Å²) >= 11 is 12.6. The molecule has 1 amide bonds. The first kappa shape index (κ1) is 21.3. The topological polar surface area (TPSA) is 55.4 Å². The summed E-state index contributed by atoms with van der Waals surface area (Å²) in [6, 6.07) is 8.35. The summed E-state index contributed by atoms with van der Waals surface area (Å²) < 4.78 is 5.36. The number of carbonyl (C=O) groups is 2. The van der Waals surface area contributed by atoms with Crippen molar-refractivity contribution in [3.05, 3.63) is 57.1 Å². The Bertz CT molecular complexity index is 839. The molecule has 0 saturated heterocycles. The quantitative estimate of drug-likeness (QED) is 0.564. The van der Waals surface area contributed by atoms with Crippen LogP contribution in [0.25, 0.3) is 0 Å². The van der Waals surface area contributed by atoms with Gasteiger partial charge < -0.3 is 10.1 Å². The molecule has 27 heavy (non-hydrogen) atoms. The van der Waals surface area contributed by atoms with Gasteiger partial charge in [-0.2, -0.15) is 0 Å². The highest BCUT2D eigenvalue weighted by Crippen LogP contribution is 2.33. The largest absolute Gasteiger partial charge is 0.496 e. The molecule has 144 valence electrons. The van der Waals surface area contributed by atoms with Gasteiger partial charge in [-0.3, -0.25) is 9.59 Å². The Balaban J connectivity index is 2.39. The van der Waals surface area contributed by atoms with Gasteiger partial charge >= 0.3 is 0 Å². The smallest absolute Gasteiger partial charge is 0.224 e. The fraction of sp³-hybridized carbons (Fsp3) is 0.333. The number of benzene rings is 2. The third-order valence-corrected chi connectivity index (χ3v) is 4.74. The fourth-order valence-electron chi connectivity index (χ4n) is 2.78. The predicted octanol–water partition coefficient (Wildman–Crippen LogP) is 6.10. The first-order chi connectivity index (χ1) is 12.8. The van der Waals surface area contributed by atoms with E-state index in [4.69, 9.17) is 27.9 Å². The zero-order valence-electron chi connectivity index (χ0n) is 15.9. The number of methoxy groups -OCH3 is 1. The van der Waals surface area contributed by atoms with E-state index < -0.39 is 0 Å². The molecule has 0 spiro atoms. The average molecular weight is 408 g/mol. The van der Waals surface area contributed by atoms with Gasteiger partial charge in [0, 0.05) is 17.7 Å². The second kappa shape index (κ2) is 9.25. The molecule has 0 saturated carbocycles. The number of hydrogen-bond donors (Lipinski definition) is 1. The molecule has 0 unspecified atom stereocenters. The SMILES string of the molecule is CCCC(=O)Nc1cc(Cl)c(C(=O)c2ccc(OC)c(C(C)C)c2)c(Cl)c1. The number of nitrogens with one attached hydrogen (secondary N) is 1. The first-order valence-corrected chi connectivity index (χ1v) is 9.55. The van der Waals surface area contributed by atoms with Crippen LogP contribution in [-0.2, 0) is 4.79 Å². The summed E-state index contributed by atoms with van der Waals surface area (Å²) in [5.74, 6) is 0.518. The van der Waals surface area contributed by atoms with Crippen LogP contribution in [-0.4, -0.2) is 18.8 Å². The molecule has 0 fully saturated rings. The molecular weight excluding hydrogens is 385 g/mol. The van der Waals surface area contributed by atoms with Gasteiger partial charge in [0.25, 0.3) is 0 Å². The zero-order valence-corrected chi connectivity index (χ0v) is 17.4. The van der Waals surface area contributed by atoms with Gasteiger partial charge in [0.2, 0.25) is 5.91 Å². The van der Waals surface area contributed by atoms with Crippen molar-refractivity contribution in [1.29, 1.82) is 0 Å². The molecule has 0 radical (unpaired) electrons. The van der Waals surface area contributed by atoms with Crippen molar-refractivity contribution in [2.24, 2.45) is 0 Å². The Labute approximate surface area is 169 Å². The van der Waals surface area contributed by atoms with Crippen LogP contribution in [0.2, 0.25) is 10.0 Å². The number of rotatable bonds is 7. The van der Waals surface area contributed by atoms with Gasteiger partial charge in [-0.15, -0.1) is 0 Å². The maximum absolute atomic E-state index is 13.0. The molecule has 1 N–H and O–H groups in total. The van der Waals surface area contributed by atoms with Crippen LogP contribution >= 0.6 is 23.2 Å². The summed E-state index contributed by atoms with van der Waals surface area (Å²) in [4.78, 5) is 24.8. The van der Waals surface area contributed by atoms with Crippen LogP contribution in [0.4, 0.5) is 5.69 Å². The van der Waals surface area contributed by atoms with Gasteiger partial charge in [-0.25, -0.2) is 0 Å². The molecule has 0 aliphatic rings. The van der Waals surface area contributed by atoms with Crippen molar-refractivity contribution in [1.82, 2.24) is 0 Å². The van der Waals surface area contributed by atoms with Crippen molar-refractivity contribution < 1.29 is 14.3 Å². The standard InChI is InChI=1S/C21H23Cl2NO3/c1-5-6-19(25)24-14-10-16(22)20(17(23)11-14)21(26)13-7-8-18(27-4)15(9-13)12(2)3/h7-12H,5-6H2,1-4H3,(H,24,25). The number of ketones is 1. The minimum Gasteiger partial charge on any atom is -0.496 e. The fourth-order valence-corrected chi connectivity index (χ4v) is 3.44. The van der Waals surface area contributed by atoms with Crippen LogP contribution < -0.4 is 10.1 Å². The Morgan fingerprint density at radius 3 is 2.26 bits per heavy atom. The number of hydrogen-bond acceptors (Lipinski definition) is 3. The van der Waals surface area contributed by atoms with E-state index in [9.17, 15) is 9.59 Å². The summed E-state index contributed by atoms with van der Waals surface area (Å²) in [6.07, 6.45) is 1.14. The van der Waals surface area contributed by atoms with Crippen molar-refractivity contribution in [2.45, 2.75) is 39.5 Å². The van der Waals surface area contributed by atoms with Crippen molar-refractivity contribution in [2.75, 3.05) is 12.4 Å². The average Bonchev–Trinajstić information content (AvgIpc) is 2.60. The maximum Gasteiger partial charge on any atom is 0.224 e. The molecule has 0 aliphatic carbocycles. The second-order valence-corrected chi connectivity index (χ2v) is 7.37. The molecule has 2 aromatic carbocycles. The normalized spacial score (nSPS) is 10.8. The summed E-state index contributed by atoms with van der Waals surface area (Å²) in [5, 5.41) is 3.13. The Morgan fingerprint density at radius 1 is 1.11 bits per heavy atom. The van der Waals surface area contributed by atoms with Crippen LogP contribution in [0, 0.1) is 0 Å². The summed E-state index contributed by atoms with van der Waals surface area (Å²) in [7, 11) is 1.60. The number of carbonyl (C=O) groups excluding carboxylic acids is 2. The predicted molar refractivity (Wildman–Crippen MR) is 111 cm³/mol. The molecule has 0 aliphatic heterocycles. The van der Waals surface area contributed by atoms with Crippen molar-refractivity contribution >= 4 is 40.6 Å². The number of amides is 1. The minimum atomic E-state index is -0.277. The molecule has 0 atom stereocenters. The lowest BCUT2D eigenvalue weighted by atomic mass is 9.95. The number of ether oxygens (including phenoxy) is 1. The molecule has 2 aromatic rings. The van der Waals surface area contributed by atoms with Gasteiger partial charge in [0.1, 0.15) is 5.75 Å². The molecule has 2 rings (SSSR count). The van der Waals surface area contributed by atoms with Crippen LogP contribution in [0.3, 0.4) is 0 Å². The van der Waals surface area contributed by atoms with E-state index in [0.717, 1.165) is 17.7 Å². The van der Waals surface area contributed by atoms with Crippen molar-refractivity contribution in [3.8, 4) is 5.75 Å². The second-order valence-electron chi connectivity index (χ2n) is 6.55. The highest BCUT2D eigenvalue weighted by Gasteiger charge is 2.20. The first-order valence-electron chi connectivity index (χ1n) is 8.80. The van der Waals surface area contributed by atoms with Crippen LogP contribution in [0.5, 0.6) is 5.75 Å². The van der Waals surface area contributed by atoms with Crippen LogP contribution in [0.1, 0.15) is 61.0 Å². The molecule has 6 heteroatoms. The molecular formula is C21H23Cl2NO3. The monoisotopic (exact) mass is 407 g/mol. The highest BCUT2D eigenvalue weighted by molar-refractivity contribution is 6.41. The summed E-state index contributed by atoms with van der Waals surface area (Å²) in [6.45, 7) is 5.97. The maximum atomic E-state index is 13.0. The van der Waals surface area contributed by atoms with Crippen molar-refractivity contribution in [3.63, 3.8) is 0 Å². The van der Waals surface area contributed by atoms with E-state index in [-0.39, 0.29) is 33.2 Å². The lowest BCUT2D eigenvalue weighted by molar-refractivity contribution is -0.116. The zero-order chi connectivity index (χ0) is 20.1. The van der Waals surface area contributed by atoms with E-state index in [2.05, 4.69) is 5.32 Å². The molecule has 0 aromatic heterocycles. The van der Waals surface area contributed by atoms with E-state index in [1.54, 1.807) is 37.4 Å². The van der Waals surface area contributed by atoms with E-state index in [1.165, 1.54) is 0 Å². The van der Waals surface area contributed by atoms with Gasteiger partial charge in [0.15, 0.2) is 5.78 Å². The van der Waals surface area contributed by atoms with Gasteiger partial charge in [0.05, 0.1) is 22.7 Å². The third-order valence-electron chi connectivity index (χ3n) is 4.14. The highest BCUT2D eigenvalue weighted by atomic mass is 35.5. The van der Waals surface area contributed by atoms with Gasteiger partial charge in [-0.1, -0.05) is 44.0 Å². The lowest BCUT2D eigenvalue weighted by Crippen LogP contribution is -2.11. The lowest BCUT2D eigenvalue weighted by Gasteiger charge is -2.14. The molecule has 0 heterocycles. The van der Waals surface area contributed by atoms with Gasteiger partial charge in [-0.05, 0) is 48.2 Å². The van der Waals surface area contributed by atoms with E-state index in [0.29, 0.717) is 17.7 Å².